The summed E-state index contributed by atoms with van der Waals surface area (Å²) < 4.78 is 92.8. The van der Waals surface area contributed by atoms with Gasteiger partial charge in [-0.25, -0.2) is 13.2 Å². The standard InChI is InChI=1S/C11H13F2NO8S3/c12-23(17,18)6-4-14(5-7-24(13,19)20)25(21,22)10-3-1-2-9(8-10)11(15)16/h1-3,8H,4-7H2,(H,15,16). The lowest BCUT2D eigenvalue weighted by atomic mass is 10.2. The molecule has 14 heteroatoms. The molecule has 1 rings (SSSR count). The number of rotatable bonds is 9. The van der Waals surface area contributed by atoms with E-state index in [-0.39, 0.29) is 4.31 Å². The van der Waals surface area contributed by atoms with E-state index in [1.165, 1.54) is 0 Å². The monoisotopic (exact) mass is 421 g/mol. The highest BCUT2D eigenvalue weighted by Crippen LogP contribution is 2.18. The van der Waals surface area contributed by atoms with Crippen LogP contribution >= 0.6 is 0 Å². The number of nitrogens with zero attached hydrogens (tertiary/aromatic N) is 1. The Morgan fingerprint density at radius 3 is 1.84 bits per heavy atom. The average Bonchev–Trinajstić information content (AvgIpc) is 2.44. The Morgan fingerprint density at radius 2 is 1.44 bits per heavy atom. The molecule has 0 unspecified atom stereocenters. The van der Waals surface area contributed by atoms with Crippen LogP contribution in [0.3, 0.4) is 0 Å². The number of halogens is 2. The summed E-state index contributed by atoms with van der Waals surface area (Å²) in [6, 6.07) is 3.90. The first-order valence-electron chi connectivity index (χ1n) is 6.40. The van der Waals surface area contributed by atoms with Crippen LogP contribution in [0.15, 0.2) is 29.2 Å². The minimum atomic E-state index is -5.08. The van der Waals surface area contributed by atoms with E-state index in [0.717, 1.165) is 24.3 Å². The lowest BCUT2D eigenvalue weighted by Gasteiger charge is -2.21. The Morgan fingerprint density at radius 1 is 0.960 bits per heavy atom. The van der Waals surface area contributed by atoms with Gasteiger partial charge >= 0.3 is 26.4 Å². The van der Waals surface area contributed by atoms with E-state index < -0.39 is 71.5 Å². The number of carbonyl (C=O) groups is 1. The van der Waals surface area contributed by atoms with Gasteiger partial charge in [-0.2, -0.15) is 21.1 Å². The van der Waals surface area contributed by atoms with Gasteiger partial charge in [0.1, 0.15) is 0 Å². The van der Waals surface area contributed by atoms with E-state index in [0.29, 0.717) is 0 Å². The molecular formula is C11H13F2NO8S3. The fourth-order valence-corrected chi connectivity index (χ4v) is 4.31. The lowest BCUT2D eigenvalue weighted by Crippen LogP contribution is -2.37. The Balaban J connectivity index is 3.25. The van der Waals surface area contributed by atoms with Crippen molar-refractivity contribution in [1.29, 1.82) is 0 Å². The average molecular weight is 421 g/mol. The van der Waals surface area contributed by atoms with Crippen LogP contribution in [-0.4, -0.2) is 65.2 Å². The highest BCUT2D eigenvalue weighted by Gasteiger charge is 2.28. The topological polar surface area (TPSA) is 143 Å². The second-order valence-corrected chi connectivity index (χ2v) is 9.63. The maximum atomic E-state index is 12.7. The van der Waals surface area contributed by atoms with Crippen LogP contribution in [0.2, 0.25) is 0 Å². The molecule has 0 aliphatic carbocycles. The molecule has 25 heavy (non-hydrogen) atoms. The molecule has 1 aromatic carbocycles. The first kappa shape index (κ1) is 21.4. The first-order valence-corrected chi connectivity index (χ1v) is 10.9. The van der Waals surface area contributed by atoms with Gasteiger partial charge in [0.2, 0.25) is 10.0 Å². The zero-order chi connectivity index (χ0) is 19.5. The summed E-state index contributed by atoms with van der Waals surface area (Å²) in [6.45, 7) is -1.96. The Hall–Kier alpha value is -1.64. The van der Waals surface area contributed by atoms with Crippen LogP contribution in [0.1, 0.15) is 10.4 Å². The van der Waals surface area contributed by atoms with Crippen LogP contribution in [0.25, 0.3) is 0 Å². The van der Waals surface area contributed by atoms with Crippen molar-refractivity contribution in [1.82, 2.24) is 4.31 Å². The quantitative estimate of drug-likeness (QED) is 0.548. The fraction of sp³-hybridized carbons (Fsp3) is 0.364. The summed E-state index contributed by atoms with van der Waals surface area (Å²) >= 11 is 0. The van der Waals surface area contributed by atoms with E-state index in [1.54, 1.807) is 0 Å². The molecule has 0 saturated heterocycles. The van der Waals surface area contributed by atoms with Crippen molar-refractivity contribution in [2.24, 2.45) is 0 Å². The molecule has 0 radical (unpaired) electrons. The summed E-state index contributed by atoms with van der Waals surface area (Å²) in [4.78, 5) is 10.3. The predicted molar refractivity (Wildman–Crippen MR) is 81.9 cm³/mol. The number of hydrogen-bond acceptors (Lipinski definition) is 7. The molecule has 0 aliphatic heterocycles. The van der Waals surface area contributed by atoms with Gasteiger partial charge in [0.05, 0.1) is 22.0 Å². The molecule has 0 spiro atoms. The van der Waals surface area contributed by atoms with Crippen molar-refractivity contribution in [3.8, 4) is 0 Å². The molecular weight excluding hydrogens is 408 g/mol. The molecule has 0 bridgehead atoms. The maximum absolute atomic E-state index is 12.7. The molecule has 0 heterocycles. The van der Waals surface area contributed by atoms with Crippen LogP contribution in [0.4, 0.5) is 7.77 Å². The van der Waals surface area contributed by atoms with Crippen LogP contribution < -0.4 is 0 Å². The largest absolute Gasteiger partial charge is 0.478 e. The Kier molecular flexibility index (Phi) is 6.61. The third-order valence-corrected chi connectivity index (χ3v) is 6.12. The number of aromatic carboxylic acids is 1. The summed E-state index contributed by atoms with van der Waals surface area (Å²) in [5.74, 6) is -4.00. The number of sulfonamides is 1. The van der Waals surface area contributed by atoms with Crippen molar-refractivity contribution in [2.75, 3.05) is 24.6 Å². The zero-order valence-electron chi connectivity index (χ0n) is 12.4. The van der Waals surface area contributed by atoms with Gasteiger partial charge in [-0.15, -0.1) is 7.77 Å². The van der Waals surface area contributed by atoms with Gasteiger partial charge in [-0.3, -0.25) is 0 Å². The van der Waals surface area contributed by atoms with Gasteiger partial charge in [0, 0.05) is 13.1 Å². The maximum Gasteiger partial charge on any atom is 0.335 e. The molecule has 9 nitrogen and oxygen atoms in total. The molecule has 0 saturated carbocycles. The minimum Gasteiger partial charge on any atom is -0.478 e. The van der Waals surface area contributed by atoms with Crippen molar-refractivity contribution < 1.29 is 42.9 Å². The molecule has 142 valence electrons. The molecule has 1 aromatic rings. The number of hydrogen-bond donors (Lipinski definition) is 1. The van der Waals surface area contributed by atoms with Crippen molar-refractivity contribution >= 4 is 36.4 Å². The van der Waals surface area contributed by atoms with E-state index in [2.05, 4.69) is 0 Å². The normalized spacial score (nSPS) is 13.1. The van der Waals surface area contributed by atoms with Crippen molar-refractivity contribution in [3.63, 3.8) is 0 Å². The van der Waals surface area contributed by atoms with E-state index >= 15 is 0 Å². The van der Waals surface area contributed by atoms with Crippen LogP contribution in [-0.2, 0) is 30.5 Å². The van der Waals surface area contributed by atoms with Crippen LogP contribution in [0, 0.1) is 0 Å². The van der Waals surface area contributed by atoms with Gasteiger partial charge < -0.3 is 5.11 Å². The zero-order valence-corrected chi connectivity index (χ0v) is 14.8. The summed E-state index contributed by atoms with van der Waals surface area (Å²) in [5.41, 5.74) is -0.405. The van der Waals surface area contributed by atoms with Gasteiger partial charge in [0.15, 0.2) is 0 Å². The van der Waals surface area contributed by atoms with Gasteiger partial charge in [-0.1, -0.05) is 6.07 Å². The third kappa shape index (κ3) is 7.01. The lowest BCUT2D eigenvalue weighted by molar-refractivity contribution is 0.0696. The molecule has 0 amide bonds. The van der Waals surface area contributed by atoms with E-state index in [1.807, 2.05) is 0 Å². The number of carboxylic acid groups (broad SMARTS) is 1. The highest BCUT2D eigenvalue weighted by molar-refractivity contribution is 7.89. The highest BCUT2D eigenvalue weighted by atomic mass is 32.3. The second kappa shape index (κ2) is 7.72. The van der Waals surface area contributed by atoms with Crippen molar-refractivity contribution in [2.45, 2.75) is 4.90 Å². The third-order valence-electron chi connectivity index (χ3n) is 2.89. The molecule has 0 fully saturated rings. The molecule has 1 N–H and O–H groups in total. The SMILES string of the molecule is O=C(O)c1cccc(S(=O)(=O)N(CCS(=O)(=O)F)CCS(=O)(=O)F)c1. The van der Waals surface area contributed by atoms with E-state index in [9.17, 15) is 37.8 Å². The smallest absolute Gasteiger partial charge is 0.335 e. The number of carboxylic acids is 1. The van der Waals surface area contributed by atoms with Crippen molar-refractivity contribution in [3.05, 3.63) is 29.8 Å². The Labute approximate surface area is 143 Å². The summed E-state index contributed by atoms with van der Waals surface area (Å²) in [5, 5.41) is 8.87. The number of benzene rings is 1. The molecule has 0 atom stereocenters. The van der Waals surface area contributed by atoms with E-state index in [4.69, 9.17) is 5.11 Å². The van der Waals surface area contributed by atoms with Crippen LogP contribution in [0.5, 0.6) is 0 Å². The second-order valence-electron chi connectivity index (χ2n) is 4.72. The summed E-state index contributed by atoms with van der Waals surface area (Å²) in [6.07, 6.45) is 0. The first-order chi connectivity index (χ1) is 11.2. The molecule has 0 aromatic heterocycles. The Bertz CT molecular complexity index is 921. The van der Waals surface area contributed by atoms with Gasteiger partial charge in [-0.05, 0) is 18.2 Å². The predicted octanol–water partition coefficient (Wildman–Crippen LogP) is -0.0259. The summed E-state index contributed by atoms with van der Waals surface area (Å²) in [7, 11) is -14.8. The minimum absolute atomic E-state index is 0.252. The molecule has 0 aliphatic rings. The fourth-order valence-electron chi connectivity index (χ4n) is 1.71. The van der Waals surface area contributed by atoms with Gasteiger partial charge in [0.25, 0.3) is 0 Å².